The molecule has 6 nitrogen and oxygen atoms in total. The molecule has 1 aliphatic heterocycles. The molecule has 7 heteroatoms. The zero-order valence-electron chi connectivity index (χ0n) is 15.8. The SMILES string of the molecule is C#CCn1c(=NC(=O)/C=C\c2ccc3c(c2)OCO3)sc2cc(OCC)ccc21. The number of hydrogen-bond acceptors (Lipinski definition) is 5. The number of aromatic nitrogens is 1. The van der Waals surface area contributed by atoms with Crippen molar-refractivity contribution in [1.29, 1.82) is 0 Å². The highest BCUT2D eigenvalue weighted by atomic mass is 32.1. The second-order valence-corrected chi connectivity index (χ2v) is 7.14. The normalized spacial score (nSPS) is 13.2. The summed E-state index contributed by atoms with van der Waals surface area (Å²) in [6, 6.07) is 11.2. The predicted molar refractivity (Wildman–Crippen MR) is 112 cm³/mol. The van der Waals surface area contributed by atoms with E-state index in [1.807, 2.05) is 47.9 Å². The van der Waals surface area contributed by atoms with Gasteiger partial charge >= 0.3 is 0 Å². The second-order valence-electron chi connectivity index (χ2n) is 6.13. The van der Waals surface area contributed by atoms with E-state index < -0.39 is 0 Å². The molecule has 0 bridgehead atoms. The third-order valence-corrected chi connectivity index (χ3v) is 5.28. The molecule has 0 atom stereocenters. The van der Waals surface area contributed by atoms with Gasteiger partial charge in [0.1, 0.15) is 5.75 Å². The number of fused-ring (bicyclic) bond motifs is 2. The first-order valence-electron chi connectivity index (χ1n) is 9.04. The summed E-state index contributed by atoms with van der Waals surface area (Å²) in [5.41, 5.74) is 1.75. The van der Waals surface area contributed by atoms with Crippen molar-refractivity contribution < 1.29 is 19.0 Å². The Labute approximate surface area is 171 Å². The second kappa shape index (κ2) is 8.25. The van der Waals surface area contributed by atoms with Crippen LogP contribution in [-0.2, 0) is 11.3 Å². The van der Waals surface area contributed by atoms with Crippen LogP contribution in [0.4, 0.5) is 0 Å². The minimum Gasteiger partial charge on any atom is -0.494 e. The molecule has 0 aliphatic carbocycles. The highest BCUT2D eigenvalue weighted by molar-refractivity contribution is 7.16. The summed E-state index contributed by atoms with van der Waals surface area (Å²) < 4.78 is 19.0. The van der Waals surface area contributed by atoms with E-state index in [2.05, 4.69) is 10.9 Å². The van der Waals surface area contributed by atoms with Gasteiger partial charge in [-0.15, -0.1) is 6.42 Å². The van der Waals surface area contributed by atoms with Crippen LogP contribution < -0.4 is 19.0 Å². The zero-order chi connectivity index (χ0) is 20.2. The average molecular weight is 406 g/mol. The van der Waals surface area contributed by atoms with Gasteiger partial charge in [-0.2, -0.15) is 4.99 Å². The summed E-state index contributed by atoms with van der Waals surface area (Å²) >= 11 is 1.40. The van der Waals surface area contributed by atoms with Crippen LogP contribution in [0, 0.1) is 12.3 Å². The van der Waals surface area contributed by atoms with E-state index in [0.717, 1.165) is 21.5 Å². The molecule has 29 heavy (non-hydrogen) atoms. The first-order valence-corrected chi connectivity index (χ1v) is 9.85. The van der Waals surface area contributed by atoms with Gasteiger partial charge in [0.2, 0.25) is 6.79 Å². The standard InChI is InChI=1S/C22H18N2O4S/c1-3-11-24-17-8-7-16(26-4-2)13-20(17)29-22(24)23-21(25)10-6-15-5-9-18-19(12-15)28-14-27-18/h1,5-10,12-13H,4,11,14H2,2H3/b10-6-,23-22?. The molecule has 0 spiro atoms. The lowest BCUT2D eigenvalue weighted by Crippen LogP contribution is -2.15. The van der Waals surface area contributed by atoms with Gasteiger partial charge in [0, 0.05) is 6.08 Å². The number of ether oxygens (including phenoxy) is 3. The summed E-state index contributed by atoms with van der Waals surface area (Å²) in [6.07, 6.45) is 8.63. The molecule has 0 N–H and O–H groups in total. The Balaban J connectivity index is 1.64. The van der Waals surface area contributed by atoms with E-state index in [1.54, 1.807) is 6.08 Å². The van der Waals surface area contributed by atoms with Gasteiger partial charge in [0.25, 0.3) is 5.91 Å². The van der Waals surface area contributed by atoms with Gasteiger partial charge in [-0.05, 0) is 48.9 Å². The predicted octanol–water partition coefficient (Wildman–Crippen LogP) is 3.60. The average Bonchev–Trinajstić information content (AvgIpc) is 3.31. The first-order chi connectivity index (χ1) is 14.2. The van der Waals surface area contributed by atoms with Crippen molar-refractivity contribution in [2.45, 2.75) is 13.5 Å². The summed E-state index contributed by atoms with van der Waals surface area (Å²) in [4.78, 5) is 17.2. The Morgan fingerprint density at radius 1 is 1.31 bits per heavy atom. The maximum absolute atomic E-state index is 12.4. The Hall–Kier alpha value is -3.50. The first kappa shape index (κ1) is 18.8. The fraction of sp³-hybridized carbons (Fsp3) is 0.182. The van der Waals surface area contributed by atoms with Crippen LogP contribution in [0.2, 0.25) is 0 Å². The number of benzene rings is 2. The molecule has 0 unspecified atom stereocenters. The molecular formula is C22H18N2O4S. The monoisotopic (exact) mass is 406 g/mol. The van der Waals surface area contributed by atoms with Crippen molar-refractivity contribution in [3.05, 3.63) is 52.8 Å². The van der Waals surface area contributed by atoms with E-state index >= 15 is 0 Å². The number of thiazole rings is 1. The summed E-state index contributed by atoms with van der Waals surface area (Å²) in [5, 5.41) is 0. The van der Waals surface area contributed by atoms with Crippen LogP contribution >= 0.6 is 11.3 Å². The molecule has 4 rings (SSSR count). The lowest BCUT2D eigenvalue weighted by molar-refractivity contribution is -0.113. The molecule has 3 aromatic rings. The van der Waals surface area contributed by atoms with E-state index in [-0.39, 0.29) is 12.7 Å². The Morgan fingerprint density at radius 3 is 3.00 bits per heavy atom. The van der Waals surface area contributed by atoms with Crippen molar-refractivity contribution in [3.8, 4) is 29.6 Å². The van der Waals surface area contributed by atoms with Crippen LogP contribution in [0.1, 0.15) is 12.5 Å². The summed E-state index contributed by atoms with van der Waals surface area (Å²) in [5.74, 6) is 4.39. The molecule has 1 amide bonds. The van der Waals surface area contributed by atoms with Crippen molar-refractivity contribution in [2.24, 2.45) is 4.99 Å². The molecule has 0 radical (unpaired) electrons. The van der Waals surface area contributed by atoms with Gasteiger partial charge in [0.15, 0.2) is 16.3 Å². The highest BCUT2D eigenvalue weighted by Gasteiger charge is 2.12. The molecule has 146 valence electrons. The molecule has 2 heterocycles. The number of amides is 1. The number of carbonyl (C=O) groups excluding carboxylic acids is 1. The van der Waals surface area contributed by atoms with E-state index in [4.69, 9.17) is 20.6 Å². The number of nitrogens with zero attached hydrogens (tertiary/aromatic N) is 2. The van der Waals surface area contributed by atoms with Crippen LogP contribution in [0.5, 0.6) is 17.2 Å². The van der Waals surface area contributed by atoms with E-state index in [0.29, 0.717) is 29.5 Å². The van der Waals surface area contributed by atoms with Crippen LogP contribution in [0.25, 0.3) is 16.3 Å². The minimum atomic E-state index is -0.370. The Morgan fingerprint density at radius 2 is 2.17 bits per heavy atom. The fourth-order valence-corrected chi connectivity index (χ4v) is 4.02. The van der Waals surface area contributed by atoms with Gasteiger partial charge in [-0.1, -0.05) is 23.3 Å². The largest absolute Gasteiger partial charge is 0.494 e. The van der Waals surface area contributed by atoms with Gasteiger partial charge < -0.3 is 18.8 Å². The molecule has 1 aromatic heterocycles. The van der Waals surface area contributed by atoms with Crippen molar-refractivity contribution in [1.82, 2.24) is 4.57 Å². The lowest BCUT2D eigenvalue weighted by Gasteiger charge is -2.03. The smallest absolute Gasteiger partial charge is 0.272 e. The van der Waals surface area contributed by atoms with Crippen LogP contribution in [-0.4, -0.2) is 23.9 Å². The molecule has 0 saturated carbocycles. The van der Waals surface area contributed by atoms with E-state index in [9.17, 15) is 4.79 Å². The van der Waals surface area contributed by atoms with E-state index in [1.165, 1.54) is 17.4 Å². The van der Waals surface area contributed by atoms with Crippen molar-refractivity contribution in [2.75, 3.05) is 13.4 Å². The summed E-state index contributed by atoms with van der Waals surface area (Å²) in [6.45, 7) is 3.06. The minimum absolute atomic E-state index is 0.211. The number of terminal acetylenes is 1. The number of carbonyl (C=O) groups is 1. The van der Waals surface area contributed by atoms with Gasteiger partial charge in [-0.3, -0.25) is 4.79 Å². The number of hydrogen-bond donors (Lipinski definition) is 0. The van der Waals surface area contributed by atoms with Gasteiger partial charge in [0.05, 0.1) is 23.4 Å². The quantitative estimate of drug-likeness (QED) is 0.480. The fourth-order valence-electron chi connectivity index (χ4n) is 2.96. The van der Waals surface area contributed by atoms with Crippen molar-refractivity contribution in [3.63, 3.8) is 0 Å². The van der Waals surface area contributed by atoms with Gasteiger partial charge in [-0.25, -0.2) is 0 Å². The van der Waals surface area contributed by atoms with Crippen LogP contribution in [0.15, 0.2) is 47.5 Å². The zero-order valence-corrected chi connectivity index (χ0v) is 16.6. The molecule has 0 fully saturated rings. The molecule has 2 aromatic carbocycles. The Bertz CT molecular complexity index is 1210. The molecular weight excluding hydrogens is 388 g/mol. The number of rotatable bonds is 5. The maximum Gasteiger partial charge on any atom is 0.272 e. The lowest BCUT2D eigenvalue weighted by atomic mass is 10.2. The topological polar surface area (TPSA) is 62.1 Å². The summed E-state index contributed by atoms with van der Waals surface area (Å²) in [7, 11) is 0. The Kier molecular flexibility index (Phi) is 5.36. The third kappa shape index (κ3) is 4.03. The third-order valence-electron chi connectivity index (χ3n) is 4.24. The maximum atomic E-state index is 12.4. The highest BCUT2D eigenvalue weighted by Crippen LogP contribution is 2.32. The van der Waals surface area contributed by atoms with Crippen LogP contribution in [0.3, 0.4) is 0 Å². The van der Waals surface area contributed by atoms with Crippen molar-refractivity contribution >= 4 is 33.5 Å². The molecule has 1 aliphatic rings. The molecule has 0 saturated heterocycles.